The van der Waals surface area contributed by atoms with Crippen molar-refractivity contribution in [1.82, 2.24) is 15.1 Å². The van der Waals surface area contributed by atoms with Gasteiger partial charge >= 0.3 is 0 Å². The molecule has 0 radical (unpaired) electrons. The number of rotatable bonds is 3. The number of nitrogens with zero attached hydrogens (tertiary/aromatic N) is 3. The van der Waals surface area contributed by atoms with Crippen molar-refractivity contribution >= 4 is 10.9 Å². The van der Waals surface area contributed by atoms with Crippen molar-refractivity contribution in [3.8, 4) is 17.3 Å². The Bertz CT molecular complexity index is 722. The van der Waals surface area contributed by atoms with E-state index in [0.29, 0.717) is 17.6 Å². The summed E-state index contributed by atoms with van der Waals surface area (Å²) in [6.45, 7) is 1.99. The molecule has 0 unspecified atom stereocenters. The summed E-state index contributed by atoms with van der Waals surface area (Å²) >= 11 is 0. The number of fused-ring (bicyclic) bond motifs is 1. The minimum Gasteiger partial charge on any atom is -0.481 e. The van der Waals surface area contributed by atoms with Gasteiger partial charge in [0.05, 0.1) is 18.2 Å². The summed E-state index contributed by atoms with van der Waals surface area (Å²) in [6.07, 6.45) is 0.740. The molecule has 0 saturated carbocycles. The van der Waals surface area contributed by atoms with E-state index in [0.717, 1.165) is 22.9 Å². The first kappa shape index (κ1) is 11.6. The second-order valence-electron chi connectivity index (χ2n) is 4.10. The number of benzene rings is 1. The molecule has 5 heteroatoms. The summed E-state index contributed by atoms with van der Waals surface area (Å²) in [5.41, 5.74) is 1.68. The number of pyridine rings is 1. The van der Waals surface area contributed by atoms with E-state index in [1.807, 2.05) is 37.3 Å². The fourth-order valence-electron chi connectivity index (χ4n) is 1.94. The minimum absolute atomic E-state index is 0.494. The van der Waals surface area contributed by atoms with E-state index in [1.54, 1.807) is 7.11 Å². The molecule has 0 bridgehead atoms. The zero-order valence-electron chi connectivity index (χ0n) is 10.8. The van der Waals surface area contributed by atoms with E-state index >= 15 is 0 Å². The van der Waals surface area contributed by atoms with Gasteiger partial charge in [-0.15, -0.1) is 0 Å². The first-order valence-electron chi connectivity index (χ1n) is 6.08. The molecule has 19 heavy (non-hydrogen) atoms. The van der Waals surface area contributed by atoms with E-state index in [9.17, 15) is 0 Å². The molecule has 0 fully saturated rings. The summed E-state index contributed by atoms with van der Waals surface area (Å²) in [7, 11) is 1.59. The Morgan fingerprint density at radius 3 is 2.79 bits per heavy atom. The average molecular weight is 255 g/mol. The molecule has 5 nitrogen and oxygen atoms in total. The third-order valence-corrected chi connectivity index (χ3v) is 2.92. The van der Waals surface area contributed by atoms with Crippen LogP contribution in [0.2, 0.25) is 0 Å². The summed E-state index contributed by atoms with van der Waals surface area (Å²) in [5, 5.41) is 4.89. The first-order valence-corrected chi connectivity index (χ1v) is 6.08. The number of aryl methyl sites for hydroxylation is 1. The highest BCUT2D eigenvalue weighted by molar-refractivity contribution is 5.92. The van der Waals surface area contributed by atoms with Gasteiger partial charge in [0.15, 0.2) is 5.82 Å². The smallest absolute Gasteiger partial charge is 0.258 e. The van der Waals surface area contributed by atoms with Crippen LogP contribution in [0.15, 0.2) is 34.9 Å². The van der Waals surface area contributed by atoms with Crippen LogP contribution in [0.3, 0.4) is 0 Å². The molecule has 2 heterocycles. The standard InChI is InChI=1S/C14H13N3O2/c1-3-12-16-14(19-17-12)10-8-13(18-2)15-11-7-5-4-6-9(10)11/h4-8H,3H2,1-2H3. The van der Waals surface area contributed by atoms with Crippen molar-refractivity contribution in [2.24, 2.45) is 0 Å². The maximum absolute atomic E-state index is 5.30. The van der Waals surface area contributed by atoms with Gasteiger partial charge in [-0.3, -0.25) is 0 Å². The third kappa shape index (κ3) is 2.03. The molecule has 0 amide bonds. The first-order chi connectivity index (χ1) is 9.31. The highest BCUT2D eigenvalue weighted by Gasteiger charge is 2.13. The SMILES string of the molecule is CCc1noc(-c2cc(OC)nc3ccccc23)n1. The van der Waals surface area contributed by atoms with E-state index in [2.05, 4.69) is 15.1 Å². The maximum Gasteiger partial charge on any atom is 0.258 e. The van der Waals surface area contributed by atoms with Gasteiger partial charge in [-0.2, -0.15) is 4.98 Å². The monoisotopic (exact) mass is 255 g/mol. The highest BCUT2D eigenvalue weighted by Crippen LogP contribution is 2.29. The summed E-state index contributed by atoms with van der Waals surface area (Å²) in [6, 6.07) is 9.61. The van der Waals surface area contributed by atoms with E-state index in [-0.39, 0.29) is 0 Å². The number of aromatic nitrogens is 3. The molecular formula is C14H13N3O2. The Labute approximate surface area is 110 Å². The van der Waals surface area contributed by atoms with Crippen molar-refractivity contribution in [2.75, 3.05) is 7.11 Å². The minimum atomic E-state index is 0.494. The van der Waals surface area contributed by atoms with Crippen molar-refractivity contribution in [3.05, 3.63) is 36.2 Å². The number of methoxy groups -OCH3 is 1. The van der Waals surface area contributed by atoms with Gasteiger partial charge in [-0.25, -0.2) is 4.98 Å². The van der Waals surface area contributed by atoms with Gasteiger partial charge in [-0.1, -0.05) is 30.3 Å². The van der Waals surface area contributed by atoms with Gasteiger partial charge in [0.25, 0.3) is 5.89 Å². The maximum atomic E-state index is 5.30. The highest BCUT2D eigenvalue weighted by atomic mass is 16.5. The Morgan fingerprint density at radius 2 is 2.05 bits per heavy atom. The molecule has 3 rings (SSSR count). The van der Waals surface area contributed by atoms with Crippen molar-refractivity contribution < 1.29 is 9.26 Å². The summed E-state index contributed by atoms with van der Waals surface area (Å²) in [4.78, 5) is 8.76. The van der Waals surface area contributed by atoms with Crippen molar-refractivity contribution in [3.63, 3.8) is 0 Å². The van der Waals surface area contributed by atoms with Crippen LogP contribution in [0.5, 0.6) is 5.88 Å². The second-order valence-corrected chi connectivity index (χ2v) is 4.10. The average Bonchev–Trinajstić information content (AvgIpc) is 2.94. The lowest BCUT2D eigenvalue weighted by Gasteiger charge is -2.05. The molecule has 3 aromatic rings. The van der Waals surface area contributed by atoms with Gasteiger partial charge in [0.2, 0.25) is 5.88 Å². The van der Waals surface area contributed by atoms with Gasteiger partial charge in [0.1, 0.15) is 0 Å². The van der Waals surface area contributed by atoms with Crippen LogP contribution in [0.1, 0.15) is 12.7 Å². The molecule has 0 aliphatic carbocycles. The van der Waals surface area contributed by atoms with Crippen LogP contribution < -0.4 is 4.74 Å². The van der Waals surface area contributed by atoms with Crippen LogP contribution in [0, 0.1) is 0 Å². The van der Waals surface area contributed by atoms with E-state index < -0.39 is 0 Å². The lowest BCUT2D eigenvalue weighted by atomic mass is 10.1. The zero-order valence-corrected chi connectivity index (χ0v) is 10.8. The molecule has 0 saturated heterocycles. The number of para-hydroxylation sites is 1. The van der Waals surface area contributed by atoms with Gasteiger partial charge < -0.3 is 9.26 Å². The molecule has 2 aromatic heterocycles. The van der Waals surface area contributed by atoms with Crippen molar-refractivity contribution in [1.29, 1.82) is 0 Å². The molecule has 1 aromatic carbocycles. The third-order valence-electron chi connectivity index (χ3n) is 2.92. The number of ether oxygens (including phenoxy) is 1. The molecule has 0 aliphatic heterocycles. The van der Waals surface area contributed by atoms with Gasteiger partial charge in [0, 0.05) is 17.9 Å². The fourth-order valence-corrected chi connectivity index (χ4v) is 1.94. The normalized spacial score (nSPS) is 10.8. The van der Waals surface area contributed by atoms with Crippen LogP contribution >= 0.6 is 0 Å². The summed E-state index contributed by atoms with van der Waals surface area (Å²) in [5.74, 6) is 1.72. The Hall–Kier alpha value is -2.43. The number of hydrogen-bond donors (Lipinski definition) is 0. The Balaban J connectivity index is 2.25. The Kier molecular flexibility index (Phi) is 2.87. The van der Waals surface area contributed by atoms with E-state index in [1.165, 1.54) is 0 Å². The van der Waals surface area contributed by atoms with Crippen LogP contribution in [0.25, 0.3) is 22.4 Å². The van der Waals surface area contributed by atoms with Crippen LogP contribution in [0.4, 0.5) is 0 Å². The van der Waals surface area contributed by atoms with Crippen LogP contribution in [-0.4, -0.2) is 22.2 Å². The van der Waals surface area contributed by atoms with Crippen LogP contribution in [-0.2, 0) is 6.42 Å². The van der Waals surface area contributed by atoms with Gasteiger partial charge in [-0.05, 0) is 6.07 Å². The lowest BCUT2D eigenvalue weighted by molar-refractivity contribution is 0.398. The largest absolute Gasteiger partial charge is 0.481 e. The second kappa shape index (κ2) is 4.68. The molecule has 0 aliphatic rings. The Morgan fingerprint density at radius 1 is 1.21 bits per heavy atom. The molecular weight excluding hydrogens is 242 g/mol. The predicted octanol–water partition coefficient (Wildman–Crippen LogP) is 2.86. The molecule has 0 spiro atoms. The van der Waals surface area contributed by atoms with E-state index in [4.69, 9.17) is 9.26 Å². The van der Waals surface area contributed by atoms with Crippen molar-refractivity contribution in [2.45, 2.75) is 13.3 Å². The molecule has 0 atom stereocenters. The number of hydrogen-bond acceptors (Lipinski definition) is 5. The topological polar surface area (TPSA) is 61.0 Å². The molecule has 0 N–H and O–H groups in total. The lowest BCUT2D eigenvalue weighted by Crippen LogP contribution is -1.91. The zero-order chi connectivity index (χ0) is 13.2. The quantitative estimate of drug-likeness (QED) is 0.720. The molecule has 96 valence electrons. The fraction of sp³-hybridized carbons (Fsp3) is 0.214. The summed E-state index contributed by atoms with van der Waals surface area (Å²) < 4.78 is 10.5. The predicted molar refractivity (Wildman–Crippen MR) is 71.0 cm³/mol.